The summed E-state index contributed by atoms with van der Waals surface area (Å²) in [6, 6.07) is 0. The number of nitrogens with one attached hydrogen (secondary N) is 2. The van der Waals surface area contributed by atoms with Gasteiger partial charge in [-0.3, -0.25) is 0 Å². The van der Waals surface area contributed by atoms with E-state index in [2.05, 4.69) is 31.5 Å². The lowest BCUT2D eigenvalue weighted by Crippen LogP contribution is -2.44. The Bertz CT molecular complexity index is 124. The van der Waals surface area contributed by atoms with Crippen molar-refractivity contribution in [1.29, 1.82) is 0 Å². The van der Waals surface area contributed by atoms with Gasteiger partial charge in [-0.15, -0.1) is 0 Å². The molecule has 2 heteroatoms. The monoisotopic (exact) mass is 170 g/mol. The molecule has 1 rings (SSSR count). The van der Waals surface area contributed by atoms with Crippen LogP contribution in [-0.4, -0.2) is 25.7 Å². The van der Waals surface area contributed by atoms with Gasteiger partial charge in [-0.05, 0) is 59.2 Å². The van der Waals surface area contributed by atoms with E-state index in [1.54, 1.807) is 0 Å². The molecule has 12 heavy (non-hydrogen) atoms. The molecule has 0 aromatic carbocycles. The quantitative estimate of drug-likeness (QED) is 0.654. The Morgan fingerprint density at radius 1 is 1.25 bits per heavy atom. The van der Waals surface area contributed by atoms with Crippen LogP contribution in [0.4, 0.5) is 0 Å². The van der Waals surface area contributed by atoms with Crippen molar-refractivity contribution in [3.05, 3.63) is 0 Å². The highest BCUT2D eigenvalue weighted by Gasteiger charge is 2.27. The van der Waals surface area contributed by atoms with Crippen molar-refractivity contribution < 1.29 is 0 Å². The van der Waals surface area contributed by atoms with E-state index in [-0.39, 0.29) is 0 Å². The van der Waals surface area contributed by atoms with E-state index in [1.807, 2.05) is 0 Å². The van der Waals surface area contributed by atoms with Crippen LogP contribution in [0.25, 0.3) is 0 Å². The molecule has 0 amide bonds. The van der Waals surface area contributed by atoms with Crippen LogP contribution in [0.5, 0.6) is 0 Å². The molecule has 0 aliphatic carbocycles. The van der Waals surface area contributed by atoms with Gasteiger partial charge in [-0.25, -0.2) is 0 Å². The molecule has 0 bridgehead atoms. The van der Waals surface area contributed by atoms with Crippen LogP contribution in [0.2, 0.25) is 0 Å². The van der Waals surface area contributed by atoms with E-state index in [0.717, 1.165) is 5.92 Å². The fourth-order valence-corrected chi connectivity index (χ4v) is 1.94. The molecule has 1 unspecified atom stereocenters. The van der Waals surface area contributed by atoms with Crippen LogP contribution >= 0.6 is 0 Å². The molecule has 72 valence electrons. The average molecular weight is 170 g/mol. The van der Waals surface area contributed by atoms with Crippen LogP contribution < -0.4 is 10.6 Å². The Balaban J connectivity index is 2.47. The second-order valence-corrected chi connectivity index (χ2v) is 4.35. The van der Waals surface area contributed by atoms with E-state index < -0.39 is 0 Å². The molecule has 0 radical (unpaired) electrons. The molecule has 1 aliphatic rings. The molecular formula is C10H22N2. The van der Waals surface area contributed by atoms with Gasteiger partial charge in [0.2, 0.25) is 0 Å². The first-order valence-corrected chi connectivity index (χ1v) is 5.06. The first-order valence-electron chi connectivity index (χ1n) is 5.06. The molecule has 0 aromatic heterocycles. The van der Waals surface area contributed by atoms with E-state index in [0.29, 0.717) is 5.54 Å². The molecule has 1 atom stereocenters. The summed E-state index contributed by atoms with van der Waals surface area (Å²) in [5.41, 5.74) is 0.312. The summed E-state index contributed by atoms with van der Waals surface area (Å²) in [6.07, 6.45) is 4.00. The predicted octanol–water partition coefficient (Wildman–Crippen LogP) is 1.37. The zero-order valence-electron chi connectivity index (χ0n) is 8.61. The van der Waals surface area contributed by atoms with Gasteiger partial charge in [0.1, 0.15) is 0 Å². The van der Waals surface area contributed by atoms with Crippen LogP contribution in [0, 0.1) is 5.92 Å². The number of hydrogen-bond donors (Lipinski definition) is 2. The van der Waals surface area contributed by atoms with Gasteiger partial charge in [0.05, 0.1) is 0 Å². The standard InChI is InChI=1S/C10H22N2/c1-10(2,11-3)9-5-4-7-12-8-6-9/h9,11-12H,4-8H2,1-3H3. The van der Waals surface area contributed by atoms with Crippen molar-refractivity contribution in [3.8, 4) is 0 Å². The fraction of sp³-hybridized carbons (Fsp3) is 1.00. The number of hydrogen-bond acceptors (Lipinski definition) is 2. The minimum absolute atomic E-state index is 0.312. The second kappa shape index (κ2) is 4.24. The lowest BCUT2D eigenvalue weighted by atomic mass is 9.82. The van der Waals surface area contributed by atoms with Gasteiger partial charge >= 0.3 is 0 Å². The SMILES string of the molecule is CNC(C)(C)C1CCCNCC1. The maximum Gasteiger partial charge on any atom is 0.0150 e. The Labute approximate surface area is 76.1 Å². The summed E-state index contributed by atoms with van der Waals surface area (Å²) < 4.78 is 0. The topological polar surface area (TPSA) is 24.1 Å². The smallest absolute Gasteiger partial charge is 0.0150 e. The van der Waals surface area contributed by atoms with Crippen molar-refractivity contribution in [3.63, 3.8) is 0 Å². The lowest BCUT2D eigenvalue weighted by Gasteiger charge is -2.33. The largest absolute Gasteiger partial charge is 0.317 e. The maximum absolute atomic E-state index is 3.45. The summed E-state index contributed by atoms with van der Waals surface area (Å²) in [5.74, 6) is 0.831. The third-order valence-corrected chi connectivity index (χ3v) is 3.24. The van der Waals surface area contributed by atoms with E-state index in [4.69, 9.17) is 0 Å². The van der Waals surface area contributed by atoms with Crippen LogP contribution in [0.1, 0.15) is 33.1 Å². The highest BCUT2D eigenvalue weighted by Crippen LogP contribution is 2.25. The van der Waals surface area contributed by atoms with Crippen molar-refractivity contribution in [2.75, 3.05) is 20.1 Å². The van der Waals surface area contributed by atoms with E-state index in [1.165, 1.54) is 32.4 Å². The van der Waals surface area contributed by atoms with Crippen molar-refractivity contribution in [2.24, 2.45) is 5.92 Å². The minimum atomic E-state index is 0.312. The molecule has 0 saturated carbocycles. The molecule has 0 aromatic rings. The maximum atomic E-state index is 3.45. The van der Waals surface area contributed by atoms with Gasteiger partial charge in [0.25, 0.3) is 0 Å². The Morgan fingerprint density at radius 3 is 2.67 bits per heavy atom. The van der Waals surface area contributed by atoms with Crippen molar-refractivity contribution in [2.45, 2.75) is 38.6 Å². The molecule has 0 spiro atoms. The summed E-state index contributed by atoms with van der Waals surface area (Å²) in [5, 5.41) is 6.86. The Hall–Kier alpha value is -0.0800. The third kappa shape index (κ3) is 2.46. The van der Waals surface area contributed by atoms with Gasteiger partial charge in [-0.1, -0.05) is 0 Å². The van der Waals surface area contributed by atoms with Crippen LogP contribution in [0.3, 0.4) is 0 Å². The van der Waals surface area contributed by atoms with Crippen molar-refractivity contribution in [1.82, 2.24) is 10.6 Å². The van der Waals surface area contributed by atoms with Crippen LogP contribution in [-0.2, 0) is 0 Å². The van der Waals surface area contributed by atoms with E-state index in [9.17, 15) is 0 Å². The molecule has 1 aliphatic heterocycles. The average Bonchev–Trinajstić information content (AvgIpc) is 2.32. The summed E-state index contributed by atoms with van der Waals surface area (Å²) in [4.78, 5) is 0. The normalized spacial score (nSPS) is 26.8. The number of rotatable bonds is 2. The van der Waals surface area contributed by atoms with Gasteiger partial charge in [0.15, 0.2) is 0 Å². The molecule has 2 N–H and O–H groups in total. The molecule has 1 heterocycles. The molecular weight excluding hydrogens is 148 g/mol. The Kier molecular flexibility index (Phi) is 3.53. The van der Waals surface area contributed by atoms with Gasteiger partial charge < -0.3 is 10.6 Å². The summed E-state index contributed by atoms with van der Waals surface area (Å²) in [7, 11) is 2.07. The zero-order chi connectivity index (χ0) is 9.03. The fourth-order valence-electron chi connectivity index (χ4n) is 1.94. The summed E-state index contributed by atoms with van der Waals surface area (Å²) >= 11 is 0. The first-order chi connectivity index (χ1) is 5.67. The summed E-state index contributed by atoms with van der Waals surface area (Å²) in [6.45, 7) is 7.01. The third-order valence-electron chi connectivity index (χ3n) is 3.24. The first kappa shape index (κ1) is 10.0. The molecule has 1 saturated heterocycles. The van der Waals surface area contributed by atoms with Crippen LogP contribution in [0.15, 0.2) is 0 Å². The van der Waals surface area contributed by atoms with Crippen molar-refractivity contribution >= 4 is 0 Å². The van der Waals surface area contributed by atoms with Gasteiger partial charge in [0, 0.05) is 5.54 Å². The van der Waals surface area contributed by atoms with E-state index >= 15 is 0 Å². The second-order valence-electron chi connectivity index (χ2n) is 4.35. The predicted molar refractivity (Wildman–Crippen MR) is 53.3 cm³/mol. The zero-order valence-corrected chi connectivity index (χ0v) is 8.61. The minimum Gasteiger partial charge on any atom is -0.317 e. The highest BCUT2D eigenvalue weighted by atomic mass is 14.9. The molecule has 1 fully saturated rings. The Morgan fingerprint density at radius 2 is 2.00 bits per heavy atom. The van der Waals surface area contributed by atoms with Gasteiger partial charge in [-0.2, -0.15) is 0 Å². The lowest BCUT2D eigenvalue weighted by molar-refractivity contribution is 0.247. The highest BCUT2D eigenvalue weighted by molar-refractivity contribution is 4.86. The molecule has 2 nitrogen and oxygen atoms in total.